The Hall–Kier alpha value is -2.27. The van der Waals surface area contributed by atoms with Crippen LogP contribution in [0.5, 0.6) is 5.75 Å². The van der Waals surface area contributed by atoms with E-state index >= 15 is 0 Å². The van der Waals surface area contributed by atoms with E-state index in [0.29, 0.717) is 13.3 Å². The van der Waals surface area contributed by atoms with Gasteiger partial charge in [-0.2, -0.15) is 22.0 Å². The van der Waals surface area contributed by atoms with Crippen molar-refractivity contribution in [1.29, 1.82) is 0 Å². The summed E-state index contributed by atoms with van der Waals surface area (Å²) < 4.78 is 80.7. The molecular weight excluding hydrogens is 407 g/mol. The number of ether oxygens (including phenoxy) is 3. The van der Waals surface area contributed by atoms with Crippen LogP contribution in [0.15, 0.2) is 24.3 Å². The van der Waals surface area contributed by atoms with Crippen LogP contribution >= 0.6 is 0 Å². The molecule has 1 aliphatic rings. The summed E-state index contributed by atoms with van der Waals surface area (Å²) in [6.45, 7) is 2.58. The first-order chi connectivity index (χ1) is 13.2. The molecule has 0 spiro atoms. The molecule has 2 rings (SSSR count). The Morgan fingerprint density at radius 3 is 2.24 bits per heavy atom. The second-order valence-electron chi connectivity index (χ2n) is 6.88. The summed E-state index contributed by atoms with van der Waals surface area (Å²) in [5, 5.41) is 9.32. The third-order valence-electron chi connectivity index (χ3n) is 4.67. The lowest BCUT2D eigenvalue weighted by Crippen LogP contribution is -2.63. The molecule has 1 saturated heterocycles. The van der Waals surface area contributed by atoms with Crippen molar-refractivity contribution in [3.05, 3.63) is 29.8 Å². The van der Waals surface area contributed by atoms with Crippen molar-refractivity contribution in [1.82, 2.24) is 0 Å². The molecule has 1 fully saturated rings. The fraction of sp³-hybridized carbons (Fsp3) is 0.556. The molecule has 1 N–H and O–H groups in total. The normalized spacial score (nSPS) is 27.3. The number of hydrogen-bond donors (Lipinski definition) is 1. The van der Waals surface area contributed by atoms with Gasteiger partial charge in [-0.3, -0.25) is 4.79 Å². The maximum atomic E-state index is 14.3. The molecule has 0 radical (unpaired) electrons. The Morgan fingerprint density at radius 1 is 1.24 bits per heavy atom. The van der Waals surface area contributed by atoms with E-state index < -0.39 is 42.0 Å². The molecule has 0 aromatic heterocycles. The number of benzene rings is 1. The monoisotopic (exact) mass is 426 g/mol. The maximum absolute atomic E-state index is 14.3. The lowest BCUT2D eigenvalue weighted by Gasteiger charge is -2.35. The summed E-state index contributed by atoms with van der Waals surface area (Å²) in [7, 11) is 0. The topological polar surface area (TPSA) is 82.1 Å². The Morgan fingerprint density at radius 2 is 1.79 bits per heavy atom. The SMILES string of the molecule is CCC(C)C(=O)Oc1ccc(C(=O)OC2(C)COC(O)(C(F)(F)F)C2(F)F)cc1. The van der Waals surface area contributed by atoms with Crippen LogP contribution in [0.4, 0.5) is 22.0 Å². The highest BCUT2D eigenvalue weighted by Crippen LogP contribution is 2.54. The van der Waals surface area contributed by atoms with Crippen molar-refractivity contribution in [2.24, 2.45) is 5.92 Å². The number of aliphatic hydroxyl groups is 1. The lowest BCUT2D eigenvalue weighted by molar-refractivity contribution is -0.409. The smallest absolute Gasteiger partial charge is 0.447 e. The number of rotatable bonds is 5. The Balaban J connectivity index is 2.15. The Labute approximate surface area is 162 Å². The summed E-state index contributed by atoms with van der Waals surface area (Å²) in [4.78, 5) is 23.9. The first-order valence-corrected chi connectivity index (χ1v) is 8.54. The molecule has 0 bridgehead atoms. The first kappa shape index (κ1) is 23.0. The quantitative estimate of drug-likeness (QED) is 0.441. The number of hydrogen-bond acceptors (Lipinski definition) is 6. The van der Waals surface area contributed by atoms with Crippen molar-refractivity contribution in [2.75, 3.05) is 6.61 Å². The maximum Gasteiger partial charge on any atom is 0.449 e. The Kier molecular flexibility index (Phi) is 5.97. The van der Waals surface area contributed by atoms with Crippen LogP contribution in [-0.4, -0.2) is 47.1 Å². The zero-order valence-electron chi connectivity index (χ0n) is 15.7. The molecule has 0 amide bonds. The second kappa shape index (κ2) is 7.52. The van der Waals surface area contributed by atoms with E-state index in [4.69, 9.17) is 4.74 Å². The lowest BCUT2D eigenvalue weighted by atomic mass is 9.94. The average Bonchev–Trinajstić information content (AvgIpc) is 2.82. The number of carbonyl (C=O) groups is 2. The van der Waals surface area contributed by atoms with Gasteiger partial charge in [0.25, 0.3) is 0 Å². The number of halogens is 5. The molecule has 0 aliphatic carbocycles. The molecule has 1 aliphatic heterocycles. The molecular formula is C18H19F5O6. The van der Waals surface area contributed by atoms with E-state index in [0.717, 1.165) is 12.1 Å². The molecule has 3 unspecified atom stereocenters. The largest absolute Gasteiger partial charge is 0.449 e. The van der Waals surface area contributed by atoms with Crippen LogP contribution in [0.3, 0.4) is 0 Å². The van der Waals surface area contributed by atoms with Gasteiger partial charge in [0.15, 0.2) is 0 Å². The average molecular weight is 426 g/mol. The van der Waals surface area contributed by atoms with Gasteiger partial charge < -0.3 is 19.3 Å². The van der Waals surface area contributed by atoms with Crippen LogP contribution in [0.25, 0.3) is 0 Å². The molecule has 162 valence electrons. The van der Waals surface area contributed by atoms with E-state index in [-0.39, 0.29) is 17.2 Å². The number of alkyl halides is 5. The van der Waals surface area contributed by atoms with Gasteiger partial charge in [-0.25, -0.2) is 4.79 Å². The van der Waals surface area contributed by atoms with Crippen LogP contribution in [0.2, 0.25) is 0 Å². The minimum atomic E-state index is -5.82. The minimum absolute atomic E-state index is 0.0824. The van der Waals surface area contributed by atoms with E-state index in [1.165, 1.54) is 12.1 Å². The second-order valence-corrected chi connectivity index (χ2v) is 6.88. The molecule has 3 atom stereocenters. The first-order valence-electron chi connectivity index (χ1n) is 8.54. The van der Waals surface area contributed by atoms with Gasteiger partial charge in [-0.15, -0.1) is 0 Å². The van der Waals surface area contributed by atoms with E-state index in [9.17, 15) is 36.6 Å². The van der Waals surface area contributed by atoms with Gasteiger partial charge in [0.05, 0.1) is 18.1 Å². The van der Waals surface area contributed by atoms with Crippen molar-refractivity contribution >= 4 is 11.9 Å². The molecule has 11 heteroatoms. The van der Waals surface area contributed by atoms with E-state index in [1.807, 2.05) is 0 Å². The van der Waals surface area contributed by atoms with Gasteiger partial charge in [0.2, 0.25) is 5.60 Å². The summed E-state index contributed by atoms with van der Waals surface area (Å²) in [5.41, 5.74) is -3.36. The highest BCUT2D eigenvalue weighted by Gasteiger charge is 2.82. The molecule has 6 nitrogen and oxygen atoms in total. The standard InChI is InChI=1S/C18H19F5O6/c1-4-10(2)13(24)28-12-7-5-11(6-8-12)14(25)29-15(3)9-27-17(26,16(15,19)20)18(21,22)23/h5-8,10,26H,4,9H2,1-3H3. The third kappa shape index (κ3) is 3.93. The van der Waals surface area contributed by atoms with Gasteiger partial charge in [0.1, 0.15) is 5.75 Å². The predicted octanol–water partition coefficient (Wildman–Crippen LogP) is 3.47. The molecule has 1 aromatic rings. The summed E-state index contributed by atoms with van der Waals surface area (Å²) in [6, 6.07) is 4.59. The van der Waals surface area contributed by atoms with Crippen LogP contribution in [0, 0.1) is 5.92 Å². The van der Waals surface area contributed by atoms with Gasteiger partial charge in [0, 0.05) is 0 Å². The third-order valence-corrected chi connectivity index (χ3v) is 4.67. The molecule has 29 heavy (non-hydrogen) atoms. The van der Waals surface area contributed by atoms with Gasteiger partial charge in [-0.05, 0) is 37.6 Å². The highest BCUT2D eigenvalue weighted by atomic mass is 19.4. The van der Waals surface area contributed by atoms with Crippen LogP contribution < -0.4 is 4.74 Å². The zero-order valence-corrected chi connectivity index (χ0v) is 15.7. The van der Waals surface area contributed by atoms with Crippen LogP contribution in [0.1, 0.15) is 37.6 Å². The number of carbonyl (C=O) groups excluding carboxylic acids is 2. The van der Waals surface area contributed by atoms with E-state index in [2.05, 4.69) is 9.47 Å². The van der Waals surface area contributed by atoms with Crippen molar-refractivity contribution in [3.8, 4) is 5.75 Å². The Bertz CT molecular complexity index is 778. The zero-order chi connectivity index (χ0) is 22.3. The molecule has 1 aromatic carbocycles. The van der Waals surface area contributed by atoms with Crippen molar-refractivity contribution < 1.29 is 50.9 Å². The minimum Gasteiger partial charge on any atom is -0.447 e. The van der Waals surface area contributed by atoms with Crippen LogP contribution in [-0.2, 0) is 14.3 Å². The highest BCUT2D eigenvalue weighted by molar-refractivity contribution is 5.90. The van der Waals surface area contributed by atoms with E-state index in [1.54, 1.807) is 13.8 Å². The number of esters is 2. The fourth-order valence-electron chi connectivity index (χ4n) is 2.44. The van der Waals surface area contributed by atoms with Crippen molar-refractivity contribution in [2.45, 2.75) is 50.7 Å². The fourth-order valence-corrected chi connectivity index (χ4v) is 2.44. The van der Waals surface area contributed by atoms with Gasteiger partial charge in [-0.1, -0.05) is 13.8 Å². The van der Waals surface area contributed by atoms with Crippen molar-refractivity contribution in [3.63, 3.8) is 0 Å². The predicted molar refractivity (Wildman–Crippen MR) is 87.3 cm³/mol. The summed E-state index contributed by atoms with van der Waals surface area (Å²) in [6.07, 6.45) is -5.27. The molecule has 0 saturated carbocycles. The molecule has 1 heterocycles. The van der Waals surface area contributed by atoms with Gasteiger partial charge >= 0.3 is 29.8 Å². The summed E-state index contributed by atoms with van der Waals surface area (Å²) in [5.74, 6) is -11.9. The summed E-state index contributed by atoms with van der Waals surface area (Å²) >= 11 is 0.